The number of rotatable bonds is 12. The Morgan fingerprint density at radius 2 is 1.57 bits per heavy atom. The fraction of sp³-hybridized carbons (Fsp3) is 0.684. The second-order valence-electron chi connectivity index (χ2n) is 6.76. The van der Waals surface area contributed by atoms with Crippen LogP contribution in [0.15, 0.2) is 18.2 Å². The molecule has 132 valence electrons. The number of halogens is 1. The van der Waals surface area contributed by atoms with E-state index in [1.165, 1.54) is 44.9 Å². The molecule has 0 N–H and O–H groups in total. The summed E-state index contributed by atoms with van der Waals surface area (Å²) in [6, 6.07) is 5.86. The Bertz CT molecular complexity index is 449. The second-order valence-corrected chi connectivity index (χ2v) is 10.5. The molecule has 0 radical (unpaired) electrons. The molecule has 0 saturated carbocycles. The van der Waals surface area contributed by atoms with Crippen molar-refractivity contribution in [3.8, 4) is 5.75 Å². The average molecular weight is 357 g/mol. The van der Waals surface area contributed by atoms with Gasteiger partial charge in [0, 0.05) is 6.61 Å². The molecule has 23 heavy (non-hydrogen) atoms. The van der Waals surface area contributed by atoms with E-state index in [4.69, 9.17) is 20.5 Å². The van der Waals surface area contributed by atoms with E-state index in [2.05, 4.69) is 20.0 Å². The highest BCUT2D eigenvalue weighted by Crippen LogP contribution is 2.28. The quantitative estimate of drug-likeness (QED) is 0.300. The highest BCUT2D eigenvalue weighted by atomic mass is 35.5. The first-order chi connectivity index (χ1) is 10.9. The normalized spacial score (nSPS) is 11.7. The molecule has 0 aliphatic carbocycles. The van der Waals surface area contributed by atoms with Crippen molar-refractivity contribution in [3.05, 3.63) is 28.8 Å². The second kappa shape index (κ2) is 11.1. The number of benzene rings is 1. The average Bonchev–Trinajstić information content (AvgIpc) is 2.49. The number of unbranched alkanes of at least 4 members (excludes halogenated alkanes) is 7. The van der Waals surface area contributed by atoms with Crippen molar-refractivity contribution in [2.75, 3.05) is 6.61 Å². The summed E-state index contributed by atoms with van der Waals surface area (Å²) >= 11 is 6.20. The van der Waals surface area contributed by atoms with Crippen LogP contribution in [0.5, 0.6) is 5.75 Å². The van der Waals surface area contributed by atoms with Gasteiger partial charge < -0.3 is 8.85 Å². The Morgan fingerprint density at radius 3 is 2.22 bits per heavy atom. The van der Waals surface area contributed by atoms with Crippen LogP contribution in [0.4, 0.5) is 0 Å². The van der Waals surface area contributed by atoms with Gasteiger partial charge in [-0.3, -0.25) is 0 Å². The highest BCUT2D eigenvalue weighted by molar-refractivity contribution is 6.65. The maximum atomic E-state index is 6.20. The predicted molar refractivity (Wildman–Crippen MR) is 103 cm³/mol. The SMILES string of the molecule is CCCCCCCCCCO[Si](C)(C)Oc1cc(C)ccc1Cl. The van der Waals surface area contributed by atoms with Gasteiger partial charge >= 0.3 is 8.56 Å². The van der Waals surface area contributed by atoms with Crippen LogP contribution < -0.4 is 4.43 Å². The van der Waals surface area contributed by atoms with E-state index in [0.29, 0.717) is 5.02 Å². The highest BCUT2D eigenvalue weighted by Gasteiger charge is 2.27. The third-order valence-corrected chi connectivity index (χ3v) is 5.81. The van der Waals surface area contributed by atoms with Gasteiger partial charge in [0.1, 0.15) is 5.75 Å². The lowest BCUT2D eigenvalue weighted by Crippen LogP contribution is -2.38. The van der Waals surface area contributed by atoms with Gasteiger partial charge in [0.25, 0.3) is 0 Å². The van der Waals surface area contributed by atoms with Gasteiger partial charge in [-0.2, -0.15) is 0 Å². The molecule has 0 aromatic heterocycles. The zero-order valence-electron chi connectivity index (χ0n) is 15.3. The van der Waals surface area contributed by atoms with Crippen LogP contribution in [0.3, 0.4) is 0 Å². The van der Waals surface area contributed by atoms with Gasteiger partial charge in [0.15, 0.2) is 0 Å². The minimum absolute atomic E-state index is 0.659. The van der Waals surface area contributed by atoms with E-state index in [9.17, 15) is 0 Å². The van der Waals surface area contributed by atoms with Gasteiger partial charge in [0.2, 0.25) is 0 Å². The van der Waals surface area contributed by atoms with Gasteiger partial charge in [-0.25, -0.2) is 0 Å². The summed E-state index contributed by atoms with van der Waals surface area (Å²) in [6.45, 7) is 9.25. The van der Waals surface area contributed by atoms with Gasteiger partial charge in [-0.1, -0.05) is 69.5 Å². The molecule has 0 bridgehead atoms. The molecule has 2 nitrogen and oxygen atoms in total. The number of aryl methyl sites for hydroxylation is 1. The summed E-state index contributed by atoms with van der Waals surface area (Å²) in [4.78, 5) is 0. The van der Waals surface area contributed by atoms with Crippen molar-refractivity contribution in [2.24, 2.45) is 0 Å². The van der Waals surface area contributed by atoms with Gasteiger partial charge in [-0.15, -0.1) is 0 Å². The monoisotopic (exact) mass is 356 g/mol. The van der Waals surface area contributed by atoms with E-state index < -0.39 is 8.56 Å². The summed E-state index contributed by atoms with van der Waals surface area (Å²) in [7, 11) is -2.17. The van der Waals surface area contributed by atoms with Crippen molar-refractivity contribution in [1.82, 2.24) is 0 Å². The Morgan fingerprint density at radius 1 is 0.957 bits per heavy atom. The van der Waals surface area contributed by atoms with Crippen molar-refractivity contribution in [3.63, 3.8) is 0 Å². The van der Waals surface area contributed by atoms with Gasteiger partial charge in [0.05, 0.1) is 5.02 Å². The first-order valence-corrected chi connectivity index (χ1v) is 12.2. The van der Waals surface area contributed by atoms with Crippen LogP contribution in [-0.4, -0.2) is 15.2 Å². The summed E-state index contributed by atoms with van der Waals surface area (Å²) in [6.07, 6.45) is 10.5. The molecule has 1 aromatic carbocycles. The van der Waals surface area contributed by atoms with Crippen molar-refractivity contribution in [2.45, 2.75) is 78.3 Å². The predicted octanol–water partition coefficient (Wildman–Crippen LogP) is 6.89. The molecular weight excluding hydrogens is 324 g/mol. The molecule has 0 unspecified atom stereocenters. The standard InChI is InChI=1S/C19H33ClO2Si/c1-5-6-7-8-9-10-11-12-15-21-23(3,4)22-19-16-17(2)13-14-18(19)20/h13-14,16H,5-12,15H2,1-4H3. The van der Waals surface area contributed by atoms with Crippen LogP contribution in [-0.2, 0) is 4.43 Å². The summed E-state index contributed by atoms with van der Waals surface area (Å²) in [5.74, 6) is 0.749. The lowest BCUT2D eigenvalue weighted by molar-refractivity contribution is 0.240. The summed E-state index contributed by atoms with van der Waals surface area (Å²) < 4.78 is 12.1. The maximum absolute atomic E-state index is 6.20. The Hall–Kier alpha value is -0.513. The molecule has 0 atom stereocenters. The molecule has 0 aliphatic heterocycles. The van der Waals surface area contributed by atoms with Crippen molar-refractivity contribution >= 4 is 20.2 Å². The smallest absolute Gasteiger partial charge is 0.392 e. The van der Waals surface area contributed by atoms with Crippen LogP contribution in [0.25, 0.3) is 0 Å². The van der Waals surface area contributed by atoms with Crippen molar-refractivity contribution < 1.29 is 8.85 Å². The van der Waals surface area contributed by atoms with Crippen LogP contribution in [0.1, 0.15) is 63.9 Å². The molecular formula is C19H33ClO2Si. The molecule has 0 amide bonds. The van der Waals surface area contributed by atoms with E-state index in [0.717, 1.165) is 24.3 Å². The Labute approximate surface area is 148 Å². The summed E-state index contributed by atoms with van der Waals surface area (Å²) in [5.41, 5.74) is 1.15. The van der Waals surface area contributed by atoms with Crippen LogP contribution >= 0.6 is 11.6 Å². The zero-order chi connectivity index (χ0) is 17.1. The maximum Gasteiger partial charge on any atom is 0.392 e. The molecule has 0 spiro atoms. The molecule has 1 aromatic rings. The van der Waals surface area contributed by atoms with E-state index in [-0.39, 0.29) is 0 Å². The van der Waals surface area contributed by atoms with Gasteiger partial charge in [-0.05, 0) is 44.1 Å². The lowest BCUT2D eigenvalue weighted by Gasteiger charge is -2.24. The zero-order valence-corrected chi connectivity index (χ0v) is 17.0. The van der Waals surface area contributed by atoms with Crippen molar-refractivity contribution in [1.29, 1.82) is 0 Å². The van der Waals surface area contributed by atoms with Crippen LogP contribution in [0.2, 0.25) is 18.1 Å². The number of hydrogen-bond acceptors (Lipinski definition) is 2. The first-order valence-electron chi connectivity index (χ1n) is 9.04. The third kappa shape index (κ3) is 9.38. The molecule has 0 aliphatic rings. The first kappa shape index (κ1) is 20.5. The fourth-order valence-electron chi connectivity index (χ4n) is 2.54. The molecule has 4 heteroatoms. The third-order valence-electron chi connectivity index (χ3n) is 3.89. The van der Waals surface area contributed by atoms with E-state index in [1.54, 1.807) is 0 Å². The molecule has 0 heterocycles. The largest absolute Gasteiger partial charge is 0.519 e. The van der Waals surface area contributed by atoms with Crippen LogP contribution in [0, 0.1) is 6.92 Å². The lowest BCUT2D eigenvalue weighted by atomic mass is 10.1. The van der Waals surface area contributed by atoms with E-state index >= 15 is 0 Å². The summed E-state index contributed by atoms with van der Waals surface area (Å²) in [5, 5.41) is 0.659. The fourth-order valence-corrected chi connectivity index (χ4v) is 4.15. The Balaban J connectivity index is 2.19. The molecule has 1 rings (SSSR count). The minimum Gasteiger partial charge on any atom is -0.519 e. The van der Waals surface area contributed by atoms with E-state index in [1.807, 2.05) is 25.1 Å². The minimum atomic E-state index is -2.17. The number of hydrogen-bond donors (Lipinski definition) is 0. The Kier molecular flexibility index (Phi) is 9.92. The topological polar surface area (TPSA) is 18.5 Å². The molecule has 0 saturated heterocycles. The molecule has 0 fully saturated rings.